The van der Waals surface area contributed by atoms with Crippen LogP contribution in [0.5, 0.6) is 0 Å². The number of nitrogens with zero attached hydrogens (tertiary/aromatic N) is 4. The molecule has 0 aliphatic heterocycles. The molecule has 18 heavy (non-hydrogen) atoms. The number of aryl methyl sites for hydroxylation is 1. The summed E-state index contributed by atoms with van der Waals surface area (Å²) in [6.45, 7) is 5.41. The van der Waals surface area contributed by atoms with Gasteiger partial charge in [0.1, 0.15) is 0 Å². The fourth-order valence-corrected chi connectivity index (χ4v) is 1.70. The Morgan fingerprint density at radius 2 is 2.28 bits per heavy atom. The van der Waals surface area contributed by atoms with E-state index >= 15 is 0 Å². The molecule has 0 saturated carbocycles. The van der Waals surface area contributed by atoms with Gasteiger partial charge in [0.05, 0.1) is 12.6 Å². The molecule has 7 heteroatoms. The average molecular weight is 315 g/mol. The van der Waals surface area contributed by atoms with Gasteiger partial charge >= 0.3 is 0 Å². The van der Waals surface area contributed by atoms with Crippen LogP contribution >= 0.6 is 15.9 Å². The highest BCUT2D eigenvalue weighted by atomic mass is 79.9. The molecule has 0 unspecified atom stereocenters. The number of ether oxygens (including phenoxy) is 1. The van der Waals surface area contributed by atoms with Crippen molar-refractivity contribution >= 4 is 15.9 Å². The van der Waals surface area contributed by atoms with E-state index in [9.17, 15) is 0 Å². The molecule has 0 spiro atoms. The van der Waals surface area contributed by atoms with E-state index in [0.717, 1.165) is 6.42 Å². The lowest BCUT2D eigenvalue weighted by atomic mass is 10.4. The van der Waals surface area contributed by atoms with E-state index in [1.165, 1.54) is 0 Å². The van der Waals surface area contributed by atoms with Crippen LogP contribution in [0.1, 0.15) is 20.3 Å². The Labute approximate surface area is 113 Å². The first-order valence-electron chi connectivity index (χ1n) is 5.80. The van der Waals surface area contributed by atoms with Gasteiger partial charge < -0.3 is 9.15 Å². The molecular weight excluding hydrogens is 300 g/mol. The van der Waals surface area contributed by atoms with Gasteiger partial charge in [-0.2, -0.15) is 4.80 Å². The lowest BCUT2D eigenvalue weighted by molar-refractivity contribution is 0.0736. The zero-order valence-electron chi connectivity index (χ0n) is 10.3. The lowest BCUT2D eigenvalue weighted by Gasteiger charge is -2.05. The van der Waals surface area contributed by atoms with Crippen molar-refractivity contribution in [2.24, 2.45) is 0 Å². The van der Waals surface area contributed by atoms with Gasteiger partial charge in [-0.1, -0.05) is 0 Å². The summed E-state index contributed by atoms with van der Waals surface area (Å²) in [7, 11) is 0. The summed E-state index contributed by atoms with van der Waals surface area (Å²) in [6, 6.07) is 3.60. The number of aromatic nitrogens is 4. The summed E-state index contributed by atoms with van der Waals surface area (Å²) < 4.78 is 11.4. The molecular formula is C11H15BrN4O2. The Morgan fingerprint density at radius 1 is 1.44 bits per heavy atom. The number of hydrogen-bond donors (Lipinski definition) is 0. The molecule has 98 valence electrons. The van der Waals surface area contributed by atoms with Gasteiger partial charge in [-0.3, -0.25) is 0 Å². The van der Waals surface area contributed by atoms with Gasteiger partial charge in [-0.15, -0.1) is 10.2 Å². The monoisotopic (exact) mass is 314 g/mol. The smallest absolute Gasteiger partial charge is 0.240 e. The van der Waals surface area contributed by atoms with Gasteiger partial charge in [0, 0.05) is 6.61 Å². The molecule has 0 atom stereocenters. The molecule has 0 aliphatic rings. The highest BCUT2D eigenvalue weighted by Gasteiger charge is 2.09. The predicted octanol–water partition coefficient (Wildman–Crippen LogP) is 2.51. The third kappa shape index (κ3) is 3.64. The van der Waals surface area contributed by atoms with Crippen LogP contribution in [0.2, 0.25) is 0 Å². The van der Waals surface area contributed by atoms with Crippen LogP contribution in [0.3, 0.4) is 0 Å². The molecule has 2 heterocycles. The van der Waals surface area contributed by atoms with Crippen molar-refractivity contribution in [2.75, 3.05) is 6.61 Å². The van der Waals surface area contributed by atoms with Gasteiger partial charge in [0.2, 0.25) is 5.82 Å². The zero-order chi connectivity index (χ0) is 13.0. The number of furan rings is 1. The standard InChI is InChI=1S/C11H15BrN4O2/c1-8(2)17-7-3-6-16-14-11(13-15-16)9-4-5-10(12)18-9/h4-5,8H,3,6-7H2,1-2H3. The van der Waals surface area contributed by atoms with E-state index in [1.54, 1.807) is 16.9 Å². The number of tetrazole rings is 1. The number of halogens is 1. The highest BCUT2D eigenvalue weighted by molar-refractivity contribution is 9.10. The van der Waals surface area contributed by atoms with Crippen molar-refractivity contribution in [1.29, 1.82) is 0 Å². The predicted molar refractivity (Wildman–Crippen MR) is 68.9 cm³/mol. The molecule has 2 aromatic heterocycles. The molecule has 6 nitrogen and oxygen atoms in total. The molecule has 0 N–H and O–H groups in total. The van der Waals surface area contributed by atoms with Crippen LogP contribution in [-0.4, -0.2) is 32.9 Å². The van der Waals surface area contributed by atoms with E-state index in [0.29, 0.717) is 29.4 Å². The Morgan fingerprint density at radius 3 is 2.94 bits per heavy atom. The second-order valence-electron chi connectivity index (χ2n) is 4.09. The van der Waals surface area contributed by atoms with E-state index in [2.05, 4.69) is 31.3 Å². The quantitative estimate of drug-likeness (QED) is 0.766. The second-order valence-corrected chi connectivity index (χ2v) is 4.87. The minimum atomic E-state index is 0.254. The SMILES string of the molecule is CC(C)OCCCn1nnc(-c2ccc(Br)o2)n1. The van der Waals surface area contributed by atoms with Crippen molar-refractivity contribution in [1.82, 2.24) is 20.2 Å². The maximum Gasteiger partial charge on any atom is 0.240 e. The Hall–Kier alpha value is -1.21. The first-order valence-corrected chi connectivity index (χ1v) is 6.59. The van der Waals surface area contributed by atoms with Crippen molar-refractivity contribution < 1.29 is 9.15 Å². The van der Waals surface area contributed by atoms with Gasteiger partial charge in [0.25, 0.3) is 0 Å². The van der Waals surface area contributed by atoms with E-state index in [-0.39, 0.29) is 6.10 Å². The number of hydrogen-bond acceptors (Lipinski definition) is 5. The van der Waals surface area contributed by atoms with Gasteiger partial charge in [0.15, 0.2) is 10.4 Å². The van der Waals surface area contributed by atoms with Crippen LogP contribution in [0.15, 0.2) is 21.2 Å². The summed E-state index contributed by atoms with van der Waals surface area (Å²) in [4.78, 5) is 1.55. The largest absolute Gasteiger partial charge is 0.446 e. The van der Waals surface area contributed by atoms with Crippen LogP contribution < -0.4 is 0 Å². The third-order valence-corrected chi connectivity index (χ3v) is 2.63. The summed E-state index contributed by atoms with van der Waals surface area (Å²) in [5.41, 5.74) is 0. The van der Waals surface area contributed by atoms with Gasteiger partial charge in [-0.25, -0.2) is 0 Å². The Kier molecular flexibility index (Phi) is 4.48. The topological polar surface area (TPSA) is 66.0 Å². The first-order chi connectivity index (χ1) is 8.65. The first kappa shape index (κ1) is 13.2. The van der Waals surface area contributed by atoms with Crippen LogP contribution in [-0.2, 0) is 11.3 Å². The van der Waals surface area contributed by atoms with Crippen molar-refractivity contribution in [3.8, 4) is 11.6 Å². The van der Waals surface area contributed by atoms with Crippen LogP contribution in [0, 0.1) is 0 Å². The number of rotatable bonds is 6. The van der Waals surface area contributed by atoms with Crippen molar-refractivity contribution in [3.63, 3.8) is 0 Å². The van der Waals surface area contributed by atoms with Crippen molar-refractivity contribution in [3.05, 3.63) is 16.8 Å². The molecule has 2 aromatic rings. The Balaban J connectivity index is 1.86. The normalized spacial score (nSPS) is 11.3. The highest BCUT2D eigenvalue weighted by Crippen LogP contribution is 2.21. The second kappa shape index (κ2) is 6.10. The average Bonchev–Trinajstić information content (AvgIpc) is 2.93. The van der Waals surface area contributed by atoms with E-state index in [1.807, 2.05) is 13.8 Å². The van der Waals surface area contributed by atoms with Gasteiger partial charge in [-0.05, 0) is 53.5 Å². The third-order valence-electron chi connectivity index (χ3n) is 2.20. The molecule has 0 aliphatic carbocycles. The molecule has 0 bridgehead atoms. The maximum absolute atomic E-state index is 5.44. The molecule has 0 fully saturated rings. The molecule has 0 saturated heterocycles. The summed E-state index contributed by atoms with van der Waals surface area (Å²) in [6.07, 6.45) is 1.11. The van der Waals surface area contributed by atoms with Crippen LogP contribution in [0.4, 0.5) is 0 Å². The van der Waals surface area contributed by atoms with Crippen molar-refractivity contribution in [2.45, 2.75) is 32.9 Å². The molecule has 0 aromatic carbocycles. The summed E-state index contributed by atoms with van der Waals surface area (Å²) in [5, 5.41) is 12.1. The zero-order valence-corrected chi connectivity index (χ0v) is 11.9. The maximum atomic E-state index is 5.44. The van der Waals surface area contributed by atoms with Crippen LogP contribution in [0.25, 0.3) is 11.6 Å². The minimum absolute atomic E-state index is 0.254. The van der Waals surface area contributed by atoms with E-state index in [4.69, 9.17) is 9.15 Å². The fourth-order valence-electron chi connectivity index (χ4n) is 1.40. The fraction of sp³-hybridized carbons (Fsp3) is 0.545. The van der Waals surface area contributed by atoms with E-state index < -0.39 is 0 Å². The molecule has 2 rings (SSSR count). The minimum Gasteiger partial charge on any atom is -0.446 e. The summed E-state index contributed by atoms with van der Waals surface area (Å²) >= 11 is 3.24. The molecule has 0 radical (unpaired) electrons. The summed E-state index contributed by atoms with van der Waals surface area (Å²) in [5.74, 6) is 1.09. The molecule has 0 amide bonds. The lowest BCUT2D eigenvalue weighted by Crippen LogP contribution is -2.09. The Bertz CT molecular complexity index is 495.